The van der Waals surface area contributed by atoms with Crippen LogP contribution in [0.1, 0.15) is 24.1 Å². The Morgan fingerprint density at radius 1 is 1.53 bits per heavy atom. The first-order valence-electron chi connectivity index (χ1n) is 6.04. The minimum absolute atomic E-state index is 0.569. The van der Waals surface area contributed by atoms with Crippen LogP contribution in [-0.2, 0) is 6.42 Å². The molecule has 1 amide bonds. The number of amides is 1. The van der Waals surface area contributed by atoms with Crippen molar-refractivity contribution in [2.75, 3.05) is 13.1 Å². The molecule has 0 atom stereocenters. The first-order valence-corrected chi connectivity index (χ1v) is 6.04. The number of carbonyl (C=O) groups is 1. The predicted molar refractivity (Wildman–Crippen MR) is 65.0 cm³/mol. The average Bonchev–Trinajstić information content (AvgIpc) is 2.29. The third-order valence-electron chi connectivity index (χ3n) is 3.35. The smallest absolute Gasteiger partial charge is 0.407 e. The van der Waals surface area contributed by atoms with Crippen LogP contribution in [0.15, 0.2) is 18.3 Å². The molecule has 17 heavy (non-hydrogen) atoms. The number of hydrogen-bond acceptors (Lipinski definition) is 2. The summed E-state index contributed by atoms with van der Waals surface area (Å²) in [5.41, 5.74) is 2.36. The fourth-order valence-electron chi connectivity index (χ4n) is 2.33. The monoisotopic (exact) mass is 234 g/mol. The van der Waals surface area contributed by atoms with Crippen molar-refractivity contribution in [2.24, 2.45) is 5.92 Å². The molecule has 4 nitrogen and oxygen atoms in total. The predicted octanol–water partition coefficient (Wildman–Crippen LogP) is 2.32. The van der Waals surface area contributed by atoms with Crippen molar-refractivity contribution in [1.29, 1.82) is 0 Å². The first-order chi connectivity index (χ1) is 8.15. The maximum atomic E-state index is 10.8. The number of pyridine rings is 1. The molecule has 1 fully saturated rings. The van der Waals surface area contributed by atoms with Crippen LogP contribution in [-0.4, -0.2) is 34.2 Å². The average molecular weight is 234 g/mol. The lowest BCUT2D eigenvalue weighted by Crippen LogP contribution is -2.37. The molecule has 0 aromatic carbocycles. The molecule has 0 bridgehead atoms. The fraction of sp³-hybridized carbons (Fsp3) is 0.538. The maximum absolute atomic E-state index is 10.8. The lowest BCUT2D eigenvalue weighted by molar-refractivity contribution is 0.124. The summed E-state index contributed by atoms with van der Waals surface area (Å²) in [7, 11) is 0. The Labute approximate surface area is 101 Å². The van der Waals surface area contributed by atoms with Gasteiger partial charge in [-0.3, -0.25) is 4.98 Å². The molecular formula is C13H18N2O2. The second kappa shape index (κ2) is 5.17. The van der Waals surface area contributed by atoms with Crippen molar-refractivity contribution in [1.82, 2.24) is 9.88 Å². The van der Waals surface area contributed by atoms with E-state index < -0.39 is 6.09 Å². The summed E-state index contributed by atoms with van der Waals surface area (Å²) in [4.78, 5) is 16.6. The SMILES string of the molecule is Cc1ccnc(CC2CCN(C(=O)O)CC2)c1. The standard InChI is InChI=1S/C13H18N2O2/c1-10-2-5-14-12(8-10)9-11-3-6-15(7-4-11)13(16)17/h2,5,8,11H,3-4,6-7,9H2,1H3,(H,16,17). The number of hydrogen-bond donors (Lipinski definition) is 1. The molecule has 1 saturated heterocycles. The number of piperidine rings is 1. The topological polar surface area (TPSA) is 53.4 Å². The van der Waals surface area contributed by atoms with E-state index in [-0.39, 0.29) is 0 Å². The number of aryl methyl sites for hydroxylation is 1. The number of aromatic nitrogens is 1. The Balaban J connectivity index is 1.88. The summed E-state index contributed by atoms with van der Waals surface area (Å²) >= 11 is 0. The molecule has 0 aliphatic carbocycles. The summed E-state index contributed by atoms with van der Waals surface area (Å²) in [6.07, 6.45) is 3.91. The highest BCUT2D eigenvalue weighted by molar-refractivity contribution is 5.64. The highest BCUT2D eigenvalue weighted by Crippen LogP contribution is 2.21. The van der Waals surface area contributed by atoms with E-state index in [4.69, 9.17) is 5.11 Å². The second-order valence-electron chi connectivity index (χ2n) is 4.74. The van der Waals surface area contributed by atoms with E-state index in [0.717, 1.165) is 25.0 Å². The van der Waals surface area contributed by atoms with E-state index in [1.807, 2.05) is 12.3 Å². The van der Waals surface area contributed by atoms with E-state index in [1.165, 1.54) is 10.5 Å². The lowest BCUT2D eigenvalue weighted by Gasteiger charge is -2.29. The van der Waals surface area contributed by atoms with Crippen LogP contribution in [0.25, 0.3) is 0 Å². The Bertz CT molecular complexity index is 398. The highest BCUT2D eigenvalue weighted by atomic mass is 16.4. The zero-order chi connectivity index (χ0) is 12.3. The summed E-state index contributed by atoms with van der Waals surface area (Å²) < 4.78 is 0. The fourth-order valence-corrected chi connectivity index (χ4v) is 2.33. The van der Waals surface area contributed by atoms with E-state index in [0.29, 0.717) is 19.0 Å². The van der Waals surface area contributed by atoms with Crippen LogP contribution < -0.4 is 0 Å². The van der Waals surface area contributed by atoms with E-state index in [9.17, 15) is 4.79 Å². The van der Waals surface area contributed by atoms with Gasteiger partial charge in [-0.25, -0.2) is 4.79 Å². The Hall–Kier alpha value is -1.58. The van der Waals surface area contributed by atoms with Crippen molar-refractivity contribution >= 4 is 6.09 Å². The van der Waals surface area contributed by atoms with Gasteiger partial charge in [-0.2, -0.15) is 0 Å². The molecule has 0 unspecified atom stereocenters. The summed E-state index contributed by atoms with van der Waals surface area (Å²) in [5, 5.41) is 8.86. The Kier molecular flexibility index (Phi) is 3.61. The third kappa shape index (κ3) is 3.19. The summed E-state index contributed by atoms with van der Waals surface area (Å²) in [6.45, 7) is 3.38. The summed E-state index contributed by atoms with van der Waals surface area (Å²) in [5.74, 6) is 0.569. The Morgan fingerprint density at radius 2 is 2.24 bits per heavy atom. The number of nitrogens with zero attached hydrogens (tertiary/aromatic N) is 2. The quantitative estimate of drug-likeness (QED) is 0.854. The van der Waals surface area contributed by atoms with Crippen molar-refractivity contribution in [2.45, 2.75) is 26.2 Å². The second-order valence-corrected chi connectivity index (χ2v) is 4.74. The molecule has 0 spiro atoms. The molecule has 92 valence electrons. The van der Waals surface area contributed by atoms with E-state index in [2.05, 4.69) is 18.0 Å². The van der Waals surface area contributed by atoms with Crippen LogP contribution in [0.2, 0.25) is 0 Å². The zero-order valence-corrected chi connectivity index (χ0v) is 10.1. The normalized spacial score (nSPS) is 17.1. The molecule has 1 aromatic rings. The Morgan fingerprint density at radius 3 is 2.82 bits per heavy atom. The zero-order valence-electron chi connectivity index (χ0n) is 10.1. The van der Waals surface area contributed by atoms with E-state index in [1.54, 1.807) is 0 Å². The minimum atomic E-state index is -0.794. The number of likely N-dealkylation sites (tertiary alicyclic amines) is 1. The number of rotatable bonds is 2. The molecule has 1 aliphatic heterocycles. The molecular weight excluding hydrogens is 216 g/mol. The van der Waals surface area contributed by atoms with Gasteiger partial charge < -0.3 is 10.0 Å². The van der Waals surface area contributed by atoms with Crippen molar-refractivity contribution < 1.29 is 9.90 Å². The van der Waals surface area contributed by atoms with Gasteiger partial charge in [-0.15, -0.1) is 0 Å². The minimum Gasteiger partial charge on any atom is -0.465 e. The van der Waals surface area contributed by atoms with Gasteiger partial charge in [-0.05, 0) is 49.8 Å². The molecule has 1 N–H and O–H groups in total. The third-order valence-corrected chi connectivity index (χ3v) is 3.35. The van der Waals surface area contributed by atoms with Gasteiger partial charge in [0.15, 0.2) is 0 Å². The van der Waals surface area contributed by atoms with Crippen LogP contribution in [0.5, 0.6) is 0 Å². The molecule has 2 heterocycles. The largest absolute Gasteiger partial charge is 0.465 e. The van der Waals surface area contributed by atoms with Gasteiger partial charge in [-0.1, -0.05) is 0 Å². The molecule has 2 rings (SSSR count). The van der Waals surface area contributed by atoms with Crippen LogP contribution in [0.3, 0.4) is 0 Å². The molecule has 0 saturated carbocycles. The van der Waals surface area contributed by atoms with Gasteiger partial charge in [0, 0.05) is 25.0 Å². The van der Waals surface area contributed by atoms with Crippen molar-refractivity contribution in [3.63, 3.8) is 0 Å². The van der Waals surface area contributed by atoms with Crippen molar-refractivity contribution in [3.05, 3.63) is 29.6 Å². The van der Waals surface area contributed by atoms with Crippen LogP contribution in [0.4, 0.5) is 4.79 Å². The lowest BCUT2D eigenvalue weighted by atomic mass is 9.92. The molecule has 1 aliphatic rings. The van der Waals surface area contributed by atoms with Crippen LogP contribution >= 0.6 is 0 Å². The van der Waals surface area contributed by atoms with Crippen molar-refractivity contribution in [3.8, 4) is 0 Å². The first kappa shape index (κ1) is 11.9. The van der Waals surface area contributed by atoms with Gasteiger partial charge in [0.25, 0.3) is 0 Å². The summed E-state index contributed by atoms with van der Waals surface area (Å²) in [6, 6.07) is 4.11. The van der Waals surface area contributed by atoms with Crippen LogP contribution in [0, 0.1) is 12.8 Å². The van der Waals surface area contributed by atoms with Gasteiger partial charge in [0.05, 0.1) is 0 Å². The van der Waals surface area contributed by atoms with Gasteiger partial charge in [0.1, 0.15) is 0 Å². The molecule has 1 aromatic heterocycles. The number of carboxylic acid groups (broad SMARTS) is 1. The highest BCUT2D eigenvalue weighted by Gasteiger charge is 2.22. The van der Waals surface area contributed by atoms with Gasteiger partial charge in [0.2, 0.25) is 0 Å². The molecule has 4 heteroatoms. The van der Waals surface area contributed by atoms with Gasteiger partial charge >= 0.3 is 6.09 Å². The molecule has 0 radical (unpaired) electrons. The van der Waals surface area contributed by atoms with E-state index >= 15 is 0 Å². The maximum Gasteiger partial charge on any atom is 0.407 e.